The number of aryl methyl sites for hydroxylation is 1. The van der Waals surface area contributed by atoms with Crippen LogP contribution in [0.15, 0.2) is 24.3 Å². The third kappa shape index (κ3) is 3.97. The van der Waals surface area contributed by atoms with E-state index in [0.29, 0.717) is 0 Å². The molecule has 1 saturated heterocycles. The molecule has 0 atom stereocenters. The van der Waals surface area contributed by atoms with E-state index in [-0.39, 0.29) is 11.6 Å². The molecule has 21 heavy (non-hydrogen) atoms. The van der Waals surface area contributed by atoms with E-state index in [1.54, 1.807) is 0 Å². The highest BCUT2D eigenvalue weighted by Gasteiger charge is 2.29. The Hall–Kier alpha value is -1.55. The first-order valence-electron chi connectivity index (χ1n) is 7.80. The zero-order valence-corrected chi connectivity index (χ0v) is 13.6. The molecule has 2 rings (SSSR count). The van der Waals surface area contributed by atoms with Gasteiger partial charge >= 0.3 is 6.03 Å². The summed E-state index contributed by atoms with van der Waals surface area (Å²) in [5.41, 5.74) is 2.25. The van der Waals surface area contributed by atoms with Gasteiger partial charge in [0.05, 0.1) is 0 Å². The van der Waals surface area contributed by atoms with Crippen LogP contribution in [0.25, 0.3) is 0 Å². The summed E-state index contributed by atoms with van der Waals surface area (Å²) >= 11 is 0. The second-order valence-electron chi connectivity index (χ2n) is 6.44. The first kappa shape index (κ1) is 15.8. The third-order valence-corrected chi connectivity index (χ3v) is 4.56. The second kappa shape index (κ2) is 6.48. The summed E-state index contributed by atoms with van der Waals surface area (Å²) in [6.07, 6.45) is 1.13. The standard InChI is InChI=1S/C17H27N3O/c1-5-17(3,4)20-11-9-19(10-12-20)16(21)18-15-8-6-7-14(2)13-15/h6-8,13H,5,9-12H2,1-4H3,(H,18,21). The number of rotatable bonds is 3. The van der Waals surface area contributed by atoms with Crippen molar-refractivity contribution in [3.05, 3.63) is 29.8 Å². The predicted octanol–water partition coefficient (Wildman–Crippen LogP) is 3.33. The van der Waals surface area contributed by atoms with Crippen molar-refractivity contribution in [1.29, 1.82) is 0 Å². The number of anilines is 1. The summed E-state index contributed by atoms with van der Waals surface area (Å²) in [6.45, 7) is 12.3. The zero-order valence-electron chi connectivity index (χ0n) is 13.6. The maximum absolute atomic E-state index is 12.3. The van der Waals surface area contributed by atoms with Gasteiger partial charge in [-0.3, -0.25) is 4.90 Å². The van der Waals surface area contributed by atoms with Crippen LogP contribution in [-0.2, 0) is 0 Å². The summed E-state index contributed by atoms with van der Waals surface area (Å²) in [5.74, 6) is 0. The number of carbonyl (C=O) groups excluding carboxylic acids is 1. The lowest BCUT2D eigenvalue weighted by Crippen LogP contribution is -2.56. The second-order valence-corrected chi connectivity index (χ2v) is 6.44. The molecule has 0 spiro atoms. The summed E-state index contributed by atoms with van der Waals surface area (Å²) < 4.78 is 0. The number of amides is 2. The molecule has 0 unspecified atom stereocenters. The van der Waals surface area contributed by atoms with Crippen LogP contribution in [0.1, 0.15) is 32.8 Å². The van der Waals surface area contributed by atoms with E-state index in [2.05, 4.69) is 31.0 Å². The van der Waals surface area contributed by atoms with Gasteiger partial charge in [-0.2, -0.15) is 0 Å². The highest BCUT2D eigenvalue weighted by atomic mass is 16.2. The molecule has 0 radical (unpaired) electrons. The summed E-state index contributed by atoms with van der Waals surface area (Å²) in [4.78, 5) is 16.7. The average molecular weight is 289 g/mol. The van der Waals surface area contributed by atoms with Gasteiger partial charge in [0, 0.05) is 37.4 Å². The lowest BCUT2D eigenvalue weighted by molar-refractivity contribution is 0.0640. The number of hydrogen-bond acceptors (Lipinski definition) is 2. The SMILES string of the molecule is CCC(C)(C)N1CCN(C(=O)Nc2cccc(C)c2)CC1. The largest absolute Gasteiger partial charge is 0.322 e. The van der Waals surface area contributed by atoms with Crippen molar-refractivity contribution in [2.45, 2.75) is 39.7 Å². The van der Waals surface area contributed by atoms with E-state index in [1.165, 1.54) is 0 Å². The van der Waals surface area contributed by atoms with Gasteiger partial charge in [0.1, 0.15) is 0 Å². The maximum Gasteiger partial charge on any atom is 0.321 e. The van der Waals surface area contributed by atoms with Crippen LogP contribution in [-0.4, -0.2) is 47.5 Å². The Morgan fingerprint density at radius 2 is 1.90 bits per heavy atom. The number of hydrogen-bond donors (Lipinski definition) is 1. The highest BCUT2D eigenvalue weighted by molar-refractivity contribution is 5.89. The van der Waals surface area contributed by atoms with E-state index < -0.39 is 0 Å². The van der Waals surface area contributed by atoms with Crippen molar-refractivity contribution in [2.24, 2.45) is 0 Å². The van der Waals surface area contributed by atoms with Crippen LogP contribution in [0.2, 0.25) is 0 Å². The van der Waals surface area contributed by atoms with E-state index in [4.69, 9.17) is 0 Å². The van der Waals surface area contributed by atoms with Gasteiger partial charge in [-0.25, -0.2) is 4.79 Å². The molecule has 1 aromatic rings. The fraction of sp³-hybridized carbons (Fsp3) is 0.588. The smallest absolute Gasteiger partial charge is 0.321 e. The average Bonchev–Trinajstić information content (AvgIpc) is 2.47. The van der Waals surface area contributed by atoms with Crippen molar-refractivity contribution < 1.29 is 4.79 Å². The Morgan fingerprint density at radius 3 is 2.48 bits per heavy atom. The summed E-state index contributed by atoms with van der Waals surface area (Å²) in [5, 5.41) is 2.99. The number of urea groups is 1. The lowest BCUT2D eigenvalue weighted by atomic mass is 9.98. The summed E-state index contributed by atoms with van der Waals surface area (Å²) in [6, 6.07) is 7.93. The Bertz CT molecular complexity index is 491. The van der Waals surface area contributed by atoms with Gasteiger partial charge in [0.25, 0.3) is 0 Å². The van der Waals surface area contributed by atoms with E-state index in [1.807, 2.05) is 36.1 Å². The molecular weight excluding hydrogens is 262 g/mol. The van der Waals surface area contributed by atoms with Crippen LogP contribution in [0.4, 0.5) is 10.5 Å². The van der Waals surface area contributed by atoms with Crippen molar-refractivity contribution in [3.8, 4) is 0 Å². The van der Waals surface area contributed by atoms with Crippen molar-refractivity contribution >= 4 is 11.7 Å². The van der Waals surface area contributed by atoms with Crippen LogP contribution >= 0.6 is 0 Å². The van der Waals surface area contributed by atoms with Crippen LogP contribution in [0, 0.1) is 6.92 Å². The van der Waals surface area contributed by atoms with E-state index >= 15 is 0 Å². The summed E-state index contributed by atoms with van der Waals surface area (Å²) in [7, 11) is 0. The Labute approximate surface area is 128 Å². The predicted molar refractivity (Wildman–Crippen MR) is 87.7 cm³/mol. The minimum atomic E-state index is 0.00885. The molecule has 4 nitrogen and oxygen atoms in total. The Kier molecular flexibility index (Phi) is 4.88. The fourth-order valence-corrected chi connectivity index (χ4v) is 2.66. The molecule has 0 aromatic heterocycles. The van der Waals surface area contributed by atoms with Crippen LogP contribution in [0.5, 0.6) is 0 Å². The molecule has 1 aliphatic rings. The fourth-order valence-electron chi connectivity index (χ4n) is 2.66. The van der Waals surface area contributed by atoms with E-state index in [9.17, 15) is 4.79 Å². The molecule has 1 fully saturated rings. The van der Waals surface area contributed by atoms with Crippen molar-refractivity contribution in [2.75, 3.05) is 31.5 Å². The molecule has 1 heterocycles. The molecule has 0 bridgehead atoms. The zero-order chi connectivity index (χ0) is 15.5. The molecule has 1 N–H and O–H groups in total. The molecule has 4 heteroatoms. The first-order chi connectivity index (χ1) is 9.92. The Morgan fingerprint density at radius 1 is 1.24 bits per heavy atom. The minimum absolute atomic E-state index is 0.00885. The van der Waals surface area contributed by atoms with Gasteiger partial charge in [0.15, 0.2) is 0 Å². The van der Waals surface area contributed by atoms with Gasteiger partial charge in [0.2, 0.25) is 0 Å². The van der Waals surface area contributed by atoms with Gasteiger partial charge in [-0.05, 0) is 44.9 Å². The van der Waals surface area contributed by atoms with Gasteiger partial charge < -0.3 is 10.2 Å². The molecule has 116 valence electrons. The number of piperazine rings is 1. The molecule has 0 aliphatic carbocycles. The number of carbonyl (C=O) groups is 1. The third-order valence-electron chi connectivity index (χ3n) is 4.56. The molecule has 2 amide bonds. The minimum Gasteiger partial charge on any atom is -0.322 e. The number of nitrogens with zero attached hydrogens (tertiary/aromatic N) is 2. The van der Waals surface area contributed by atoms with Crippen LogP contribution < -0.4 is 5.32 Å². The van der Waals surface area contributed by atoms with Crippen molar-refractivity contribution in [1.82, 2.24) is 9.80 Å². The highest BCUT2D eigenvalue weighted by Crippen LogP contribution is 2.20. The quantitative estimate of drug-likeness (QED) is 0.926. The molecular formula is C17H27N3O. The normalized spacial score (nSPS) is 16.9. The number of nitrogens with one attached hydrogen (secondary N) is 1. The molecule has 0 saturated carbocycles. The van der Waals surface area contributed by atoms with E-state index in [0.717, 1.165) is 43.9 Å². The monoisotopic (exact) mass is 289 g/mol. The van der Waals surface area contributed by atoms with Crippen LogP contribution in [0.3, 0.4) is 0 Å². The lowest BCUT2D eigenvalue weighted by Gasteiger charge is -2.43. The van der Waals surface area contributed by atoms with Crippen molar-refractivity contribution in [3.63, 3.8) is 0 Å². The topological polar surface area (TPSA) is 35.6 Å². The van der Waals surface area contributed by atoms with Gasteiger partial charge in [-0.1, -0.05) is 19.1 Å². The van der Waals surface area contributed by atoms with Gasteiger partial charge in [-0.15, -0.1) is 0 Å². The molecule has 1 aromatic carbocycles. The maximum atomic E-state index is 12.3. The Balaban J connectivity index is 1.89. The first-order valence-corrected chi connectivity index (χ1v) is 7.80. The molecule has 1 aliphatic heterocycles. The number of benzene rings is 1.